The summed E-state index contributed by atoms with van der Waals surface area (Å²) < 4.78 is 2.36. The second kappa shape index (κ2) is 3.70. The summed E-state index contributed by atoms with van der Waals surface area (Å²) in [6.07, 6.45) is 0. The summed E-state index contributed by atoms with van der Waals surface area (Å²) in [7, 11) is 0. The molecule has 0 atom stereocenters. The van der Waals surface area contributed by atoms with Gasteiger partial charge in [-0.05, 0) is 43.9 Å². The van der Waals surface area contributed by atoms with Gasteiger partial charge in [0.15, 0.2) is 0 Å². The van der Waals surface area contributed by atoms with Gasteiger partial charge in [-0.3, -0.25) is 0 Å². The Morgan fingerprint density at radius 3 is 2.60 bits per heavy atom. The first kappa shape index (κ1) is 10.2. The highest BCUT2D eigenvalue weighted by Gasteiger charge is 2.08. The van der Waals surface area contributed by atoms with E-state index in [4.69, 9.17) is 5.73 Å². The van der Waals surface area contributed by atoms with Gasteiger partial charge in [0.25, 0.3) is 0 Å². The van der Waals surface area contributed by atoms with Crippen molar-refractivity contribution < 1.29 is 0 Å². The van der Waals surface area contributed by atoms with Gasteiger partial charge >= 0.3 is 0 Å². The summed E-state index contributed by atoms with van der Waals surface area (Å²) in [6.45, 7) is 7.18. The lowest BCUT2D eigenvalue weighted by atomic mass is 10.1. The third-order valence-electron chi connectivity index (χ3n) is 2.85. The molecule has 2 aromatic rings. The molecule has 0 saturated carbocycles. The van der Waals surface area contributed by atoms with E-state index >= 15 is 0 Å². The molecule has 0 aliphatic heterocycles. The van der Waals surface area contributed by atoms with Crippen LogP contribution in [-0.2, 0) is 6.54 Å². The number of rotatable bonds is 2. The Labute approximate surface area is 90.7 Å². The molecule has 15 heavy (non-hydrogen) atoms. The smallest absolute Gasteiger partial charge is 0.0488 e. The SMILES string of the molecule is Cc1cc2ccc(CN)cc2n1C(C)C. The van der Waals surface area contributed by atoms with Crippen LogP contribution in [0.3, 0.4) is 0 Å². The van der Waals surface area contributed by atoms with Crippen LogP contribution in [0.2, 0.25) is 0 Å². The van der Waals surface area contributed by atoms with E-state index in [1.54, 1.807) is 0 Å². The first-order chi connectivity index (χ1) is 7.13. The standard InChI is InChI=1S/C13H18N2/c1-9(2)15-10(3)6-12-5-4-11(8-14)7-13(12)15/h4-7,9H,8,14H2,1-3H3. The average Bonchev–Trinajstić information content (AvgIpc) is 2.52. The zero-order valence-corrected chi connectivity index (χ0v) is 9.62. The molecule has 0 unspecified atom stereocenters. The van der Waals surface area contributed by atoms with Gasteiger partial charge in [0.1, 0.15) is 0 Å². The molecule has 80 valence electrons. The maximum absolute atomic E-state index is 5.66. The molecule has 0 amide bonds. The Bertz CT molecular complexity index is 480. The maximum Gasteiger partial charge on any atom is 0.0488 e. The fourth-order valence-electron chi connectivity index (χ4n) is 2.22. The van der Waals surface area contributed by atoms with Crippen LogP contribution in [0, 0.1) is 6.92 Å². The van der Waals surface area contributed by atoms with Gasteiger partial charge < -0.3 is 10.3 Å². The lowest BCUT2D eigenvalue weighted by Crippen LogP contribution is -2.03. The lowest BCUT2D eigenvalue weighted by Gasteiger charge is -2.12. The summed E-state index contributed by atoms with van der Waals surface area (Å²) in [5, 5.41) is 1.30. The van der Waals surface area contributed by atoms with Crippen molar-refractivity contribution in [3.8, 4) is 0 Å². The van der Waals surface area contributed by atoms with Crippen molar-refractivity contribution in [2.24, 2.45) is 5.73 Å². The van der Waals surface area contributed by atoms with Crippen molar-refractivity contribution in [2.45, 2.75) is 33.4 Å². The predicted molar refractivity (Wildman–Crippen MR) is 65.0 cm³/mol. The molecule has 0 saturated heterocycles. The van der Waals surface area contributed by atoms with Crippen molar-refractivity contribution in [1.82, 2.24) is 4.57 Å². The highest BCUT2D eigenvalue weighted by molar-refractivity contribution is 5.82. The number of aryl methyl sites for hydroxylation is 1. The second-order valence-corrected chi connectivity index (χ2v) is 4.35. The van der Waals surface area contributed by atoms with Crippen molar-refractivity contribution in [2.75, 3.05) is 0 Å². The normalized spacial score (nSPS) is 11.5. The summed E-state index contributed by atoms with van der Waals surface area (Å²) in [5.41, 5.74) is 9.47. The Morgan fingerprint density at radius 1 is 1.27 bits per heavy atom. The number of benzene rings is 1. The van der Waals surface area contributed by atoms with E-state index < -0.39 is 0 Å². The number of nitrogens with zero attached hydrogens (tertiary/aromatic N) is 1. The molecule has 0 fully saturated rings. The van der Waals surface area contributed by atoms with E-state index in [-0.39, 0.29) is 0 Å². The molecule has 0 aliphatic rings. The Kier molecular flexibility index (Phi) is 2.53. The summed E-state index contributed by atoms with van der Waals surface area (Å²) in [5.74, 6) is 0. The second-order valence-electron chi connectivity index (χ2n) is 4.35. The Balaban J connectivity index is 2.72. The van der Waals surface area contributed by atoms with E-state index in [0.717, 1.165) is 0 Å². The van der Waals surface area contributed by atoms with Gasteiger partial charge in [0, 0.05) is 23.8 Å². The topological polar surface area (TPSA) is 30.9 Å². The highest BCUT2D eigenvalue weighted by atomic mass is 15.0. The molecule has 1 aromatic heterocycles. The van der Waals surface area contributed by atoms with Gasteiger partial charge in [-0.25, -0.2) is 0 Å². The number of hydrogen-bond donors (Lipinski definition) is 1. The molecule has 2 heteroatoms. The molecule has 0 spiro atoms. The van der Waals surface area contributed by atoms with E-state index in [1.165, 1.54) is 22.2 Å². The molecule has 2 rings (SSSR count). The molecule has 0 bridgehead atoms. The zero-order valence-electron chi connectivity index (χ0n) is 9.62. The van der Waals surface area contributed by atoms with Crippen molar-refractivity contribution in [3.05, 3.63) is 35.5 Å². The average molecular weight is 202 g/mol. The minimum absolute atomic E-state index is 0.496. The van der Waals surface area contributed by atoms with Crippen LogP contribution < -0.4 is 5.73 Å². The molecule has 1 heterocycles. The van der Waals surface area contributed by atoms with Crippen LogP contribution in [-0.4, -0.2) is 4.57 Å². The van der Waals surface area contributed by atoms with Gasteiger partial charge in [-0.1, -0.05) is 12.1 Å². The van der Waals surface area contributed by atoms with Crippen LogP contribution in [0.15, 0.2) is 24.3 Å². The van der Waals surface area contributed by atoms with E-state index in [1.807, 2.05) is 0 Å². The van der Waals surface area contributed by atoms with Crippen molar-refractivity contribution >= 4 is 10.9 Å². The summed E-state index contributed by atoms with van der Waals surface area (Å²) in [4.78, 5) is 0. The van der Waals surface area contributed by atoms with Crippen LogP contribution in [0.5, 0.6) is 0 Å². The fraction of sp³-hybridized carbons (Fsp3) is 0.385. The van der Waals surface area contributed by atoms with E-state index in [2.05, 4.69) is 49.6 Å². The molecule has 1 aromatic carbocycles. The predicted octanol–water partition coefficient (Wildman–Crippen LogP) is 2.99. The largest absolute Gasteiger partial charge is 0.342 e. The maximum atomic E-state index is 5.66. The van der Waals surface area contributed by atoms with Gasteiger partial charge in [0.2, 0.25) is 0 Å². The molecular weight excluding hydrogens is 184 g/mol. The van der Waals surface area contributed by atoms with Crippen LogP contribution in [0.1, 0.15) is 31.1 Å². The lowest BCUT2D eigenvalue weighted by molar-refractivity contribution is 0.607. The molecular formula is C13H18N2. The monoisotopic (exact) mass is 202 g/mol. The number of aromatic nitrogens is 1. The fourth-order valence-corrected chi connectivity index (χ4v) is 2.22. The number of nitrogens with two attached hydrogens (primary N) is 1. The van der Waals surface area contributed by atoms with Crippen molar-refractivity contribution in [1.29, 1.82) is 0 Å². The summed E-state index contributed by atoms with van der Waals surface area (Å²) in [6, 6.07) is 9.18. The van der Waals surface area contributed by atoms with E-state index in [0.29, 0.717) is 12.6 Å². The number of hydrogen-bond acceptors (Lipinski definition) is 1. The molecule has 0 radical (unpaired) electrons. The first-order valence-corrected chi connectivity index (χ1v) is 5.44. The van der Waals surface area contributed by atoms with Gasteiger partial charge in [-0.15, -0.1) is 0 Å². The third kappa shape index (κ3) is 1.65. The molecule has 0 aliphatic carbocycles. The van der Waals surface area contributed by atoms with Crippen molar-refractivity contribution in [3.63, 3.8) is 0 Å². The zero-order chi connectivity index (χ0) is 11.0. The Morgan fingerprint density at radius 2 is 2.00 bits per heavy atom. The molecule has 2 N–H and O–H groups in total. The quantitative estimate of drug-likeness (QED) is 0.797. The third-order valence-corrected chi connectivity index (χ3v) is 2.85. The van der Waals surface area contributed by atoms with Gasteiger partial charge in [0.05, 0.1) is 0 Å². The van der Waals surface area contributed by atoms with E-state index in [9.17, 15) is 0 Å². The Hall–Kier alpha value is -1.28. The van der Waals surface area contributed by atoms with Crippen LogP contribution in [0.4, 0.5) is 0 Å². The highest BCUT2D eigenvalue weighted by Crippen LogP contribution is 2.24. The minimum Gasteiger partial charge on any atom is -0.342 e. The first-order valence-electron chi connectivity index (χ1n) is 5.44. The number of fused-ring (bicyclic) bond motifs is 1. The van der Waals surface area contributed by atoms with Crippen LogP contribution in [0.25, 0.3) is 10.9 Å². The van der Waals surface area contributed by atoms with Crippen LogP contribution >= 0.6 is 0 Å². The molecule has 2 nitrogen and oxygen atoms in total. The van der Waals surface area contributed by atoms with Gasteiger partial charge in [-0.2, -0.15) is 0 Å². The summed E-state index contributed by atoms with van der Waals surface area (Å²) >= 11 is 0. The minimum atomic E-state index is 0.496.